The van der Waals surface area contributed by atoms with Crippen LogP contribution in [0.4, 0.5) is 17.1 Å². The van der Waals surface area contributed by atoms with Crippen molar-refractivity contribution in [2.45, 2.75) is 6.92 Å². The van der Waals surface area contributed by atoms with Crippen molar-refractivity contribution < 1.29 is 9.47 Å². The first-order valence-electron chi connectivity index (χ1n) is 6.00. The minimum absolute atomic E-state index is 0.709. The first kappa shape index (κ1) is 13.1. The Kier molecular flexibility index (Phi) is 3.80. The number of ether oxygens (including phenoxy) is 2. The molecule has 0 amide bonds. The van der Waals surface area contributed by atoms with Crippen molar-refractivity contribution >= 4 is 17.1 Å². The number of nitrogen functional groups attached to an aromatic ring is 1. The minimum Gasteiger partial charge on any atom is -0.497 e. The molecule has 0 fully saturated rings. The fourth-order valence-electron chi connectivity index (χ4n) is 1.84. The van der Waals surface area contributed by atoms with E-state index in [1.165, 1.54) is 0 Å². The summed E-state index contributed by atoms with van der Waals surface area (Å²) in [4.78, 5) is 0. The minimum atomic E-state index is 0.709. The molecular weight excluding hydrogens is 240 g/mol. The van der Waals surface area contributed by atoms with Crippen LogP contribution in [0, 0.1) is 6.92 Å². The van der Waals surface area contributed by atoms with Crippen molar-refractivity contribution in [1.82, 2.24) is 0 Å². The van der Waals surface area contributed by atoms with Gasteiger partial charge < -0.3 is 20.5 Å². The Hall–Kier alpha value is -2.36. The molecule has 0 aliphatic heterocycles. The number of anilines is 3. The smallest absolute Gasteiger partial charge is 0.145 e. The maximum absolute atomic E-state index is 6.05. The van der Waals surface area contributed by atoms with E-state index in [-0.39, 0.29) is 0 Å². The molecule has 0 saturated carbocycles. The van der Waals surface area contributed by atoms with Gasteiger partial charge in [-0.25, -0.2) is 0 Å². The van der Waals surface area contributed by atoms with Crippen LogP contribution < -0.4 is 20.5 Å². The van der Waals surface area contributed by atoms with Crippen molar-refractivity contribution in [2.75, 3.05) is 25.3 Å². The van der Waals surface area contributed by atoms with Crippen LogP contribution in [0.15, 0.2) is 36.4 Å². The molecule has 19 heavy (non-hydrogen) atoms. The maximum Gasteiger partial charge on any atom is 0.145 e. The van der Waals surface area contributed by atoms with Gasteiger partial charge in [-0.1, -0.05) is 12.1 Å². The summed E-state index contributed by atoms with van der Waals surface area (Å²) in [7, 11) is 3.25. The summed E-state index contributed by atoms with van der Waals surface area (Å²) in [6.45, 7) is 1.98. The maximum atomic E-state index is 6.05. The summed E-state index contributed by atoms with van der Waals surface area (Å²) in [5.74, 6) is 1.46. The lowest BCUT2D eigenvalue weighted by Crippen LogP contribution is -2.00. The highest BCUT2D eigenvalue weighted by molar-refractivity contribution is 5.77. The summed E-state index contributed by atoms with van der Waals surface area (Å²) in [5.41, 5.74) is 9.54. The predicted octanol–water partition coefficient (Wildman–Crippen LogP) is 3.34. The largest absolute Gasteiger partial charge is 0.497 e. The van der Waals surface area contributed by atoms with Crippen molar-refractivity contribution in [3.05, 3.63) is 42.0 Å². The van der Waals surface area contributed by atoms with Gasteiger partial charge in [-0.05, 0) is 30.7 Å². The molecule has 0 radical (unpaired) electrons. The number of aryl methyl sites for hydroxylation is 1. The van der Waals surface area contributed by atoms with E-state index in [1.807, 2.05) is 43.3 Å². The number of methoxy groups -OCH3 is 2. The second-order valence-electron chi connectivity index (χ2n) is 4.23. The van der Waals surface area contributed by atoms with Crippen LogP contribution in [0.2, 0.25) is 0 Å². The fraction of sp³-hybridized carbons (Fsp3) is 0.200. The molecular formula is C15H18N2O2. The number of nitrogens with two attached hydrogens (primary N) is 1. The summed E-state index contributed by atoms with van der Waals surface area (Å²) >= 11 is 0. The summed E-state index contributed by atoms with van der Waals surface area (Å²) < 4.78 is 10.5. The Morgan fingerprint density at radius 1 is 1.00 bits per heavy atom. The van der Waals surface area contributed by atoms with E-state index in [4.69, 9.17) is 15.2 Å². The normalized spacial score (nSPS) is 10.1. The first-order valence-corrected chi connectivity index (χ1v) is 6.00. The van der Waals surface area contributed by atoms with Crippen LogP contribution in [0.25, 0.3) is 0 Å². The number of hydrogen-bond acceptors (Lipinski definition) is 4. The molecule has 0 aliphatic carbocycles. The molecule has 4 nitrogen and oxygen atoms in total. The van der Waals surface area contributed by atoms with Crippen molar-refractivity contribution in [3.8, 4) is 11.5 Å². The van der Waals surface area contributed by atoms with Gasteiger partial charge in [0.1, 0.15) is 11.5 Å². The second kappa shape index (κ2) is 5.52. The second-order valence-corrected chi connectivity index (χ2v) is 4.23. The zero-order valence-electron chi connectivity index (χ0n) is 11.4. The molecule has 0 bridgehead atoms. The Balaban J connectivity index is 2.35. The van der Waals surface area contributed by atoms with Crippen molar-refractivity contribution in [2.24, 2.45) is 0 Å². The van der Waals surface area contributed by atoms with Gasteiger partial charge in [0.15, 0.2) is 0 Å². The third-order valence-electron chi connectivity index (χ3n) is 3.00. The SMILES string of the molecule is COc1ccc(Nc2cccc(C)c2N)c(OC)c1. The van der Waals surface area contributed by atoms with Gasteiger partial charge in [0.05, 0.1) is 31.3 Å². The zero-order chi connectivity index (χ0) is 13.8. The molecule has 0 unspecified atom stereocenters. The average molecular weight is 258 g/mol. The van der Waals surface area contributed by atoms with Gasteiger partial charge in [-0.15, -0.1) is 0 Å². The van der Waals surface area contributed by atoms with Crippen LogP contribution in [-0.4, -0.2) is 14.2 Å². The van der Waals surface area contributed by atoms with Crippen molar-refractivity contribution in [3.63, 3.8) is 0 Å². The predicted molar refractivity (Wildman–Crippen MR) is 78.4 cm³/mol. The fourth-order valence-corrected chi connectivity index (χ4v) is 1.84. The Labute approximate surface area is 113 Å². The molecule has 2 aromatic carbocycles. The highest BCUT2D eigenvalue weighted by Gasteiger charge is 2.07. The number of hydrogen-bond donors (Lipinski definition) is 2. The first-order chi connectivity index (χ1) is 9.15. The van der Waals surface area contributed by atoms with Crippen LogP contribution in [0.3, 0.4) is 0 Å². The lowest BCUT2D eigenvalue weighted by molar-refractivity contribution is 0.395. The third kappa shape index (κ3) is 2.73. The van der Waals surface area contributed by atoms with E-state index in [0.717, 1.165) is 28.4 Å². The quantitative estimate of drug-likeness (QED) is 0.826. The lowest BCUT2D eigenvalue weighted by atomic mass is 10.1. The average Bonchev–Trinajstić information content (AvgIpc) is 2.44. The van der Waals surface area contributed by atoms with Gasteiger partial charge >= 0.3 is 0 Å². The Morgan fingerprint density at radius 2 is 1.79 bits per heavy atom. The molecule has 4 heteroatoms. The van der Waals surface area contributed by atoms with Crippen LogP contribution in [-0.2, 0) is 0 Å². The van der Waals surface area contributed by atoms with Gasteiger partial charge in [-0.3, -0.25) is 0 Å². The lowest BCUT2D eigenvalue weighted by Gasteiger charge is -2.14. The van der Waals surface area contributed by atoms with Gasteiger partial charge in [0, 0.05) is 6.07 Å². The topological polar surface area (TPSA) is 56.5 Å². The van der Waals surface area contributed by atoms with Crippen molar-refractivity contribution in [1.29, 1.82) is 0 Å². The molecule has 0 heterocycles. The number of para-hydroxylation sites is 1. The Bertz CT molecular complexity index is 582. The van der Waals surface area contributed by atoms with Gasteiger partial charge in [0.25, 0.3) is 0 Å². The molecule has 100 valence electrons. The molecule has 0 atom stereocenters. The molecule has 0 saturated heterocycles. The summed E-state index contributed by atoms with van der Waals surface area (Å²) in [6, 6.07) is 11.5. The summed E-state index contributed by atoms with van der Waals surface area (Å²) in [6.07, 6.45) is 0. The van der Waals surface area contributed by atoms with Gasteiger partial charge in [0.2, 0.25) is 0 Å². The highest BCUT2D eigenvalue weighted by atomic mass is 16.5. The van der Waals surface area contributed by atoms with E-state index in [0.29, 0.717) is 5.75 Å². The van der Waals surface area contributed by atoms with Gasteiger partial charge in [-0.2, -0.15) is 0 Å². The van der Waals surface area contributed by atoms with E-state index >= 15 is 0 Å². The van der Waals surface area contributed by atoms with Crippen LogP contribution in [0.5, 0.6) is 11.5 Å². The van der Waals surface area contributed by atoms with E-state index in [2.05, 4.69) is 5.32 Å². The van der Waals surface area contributed by atoms with Crippen LogP contribution in [0.1, 0.15) is 5.56 Å². The third-order valence-corrected chi connectivity index (χ3v) is 3.00. The van der Waals surface area contributed by atoms with Crippen LogP contribution >= 0.6 is 0 Å². The van der Waals surface area contributed by atoms with E-state index in [1.54, 1.807) is 14.2 Å². The van der Waals surface area contributed by atoms with E-state index in [9.17, 15) is 0 Å². The number of rotatable bonds is 4. The highest BCUT2D eigenvalue weighted by Crippen LogP contribution is 2.33. The zero-order valence-corrected chi connectivity index (χ0v) is 11.4. The molecule has 2 aromatic rings. The standard InChI is InChI=1S/C15H18N2O2/c1-10-5-4-6-13(15(10)16)17-12-8-7-11(18-2)9-14(12)19-3/h4-9,17H,16H2,1-3H3. The molecule has 0 aliphatic rings. The summed E-state index contributed by atoms with van der Waals surface area (Å²) in [5, 5.41) is 3.28. The number of benzene rings is 2. The molecule has 3 N–H and O–H groups in total. The Morgan fingerprint density at radius 3 is 2.47 bits per heavy atom. The number of nitrogens with one attached hydrogen (secondary N) is 1. The molecule has 0 spiro atoms. The monoisotopic (exact) mass is 258 g/mol. The van der Waals surface area contributed by atoms with E-state index < -0.39 is 0 Å². The molecule has 0 aromatic heterocycles. The molecule has 2 rings (SSSR count).